The molecular formula is C17H27N3O4S. The predicted octanol–water partition coefficient (Wildman–Crippen LogP) is 1.81. The van der Waals surface area contributed by atoms with Gasteiger partial charge in [-0.25, -0.2) is 8.42 Å². The van der Waals surface area contributed by atoms with Crippen molar-refractivity contribution in [3.63, 3.8) is 0 Å². The predicted molar refractivity (Wildman–Crippen MR) is 97.4 cm³/mol. The van der Waals surface area contributed by atoms with Crippen molar-refractivity contribution < 1.29 is 17.9 Å². The number of rotatable bonds is 8. The van der Waals surface area contributed by atoms with Crippen molar-refractivity contribution >= 4 is 21.6 Å². The molecule has 1 atom stereocenters. The van der Waals surface area contributed by atoms with E-state index in [-0.39, 0.29) is 16.8 Å². The quantitative estimate of drug-likeness (QED) is 0.730. The SMILES string of the molecule is CCOc1ccc(NC(=O)C2CCCN2)cc1S(=O)(=O)N(CC)CC. The highest BCUT2D eigenvalue weighted by molar-refractivity contribution is 7.89. The summed E-state index contributed by atoms with van der Waals surface area (Å²) in [6, 6.07) is 4.51. The van der Waals surface area contributed by atoms with E-state index in [1.807, 2.05) is 0 Å². The lowest BCUT2D eigenvalue weighted by molar-refractivity contribution is -0.117. The molecule has 2 N–H and O–H groups in total. The van der Waals surface area contributed by atoms with Gasteiger partial charge in [-0.3, -0.25) is 4.79 Å². The van der Waals surface area contributed by atoms with Crippen LogP contribution in [-0.4, -0.2) is 50.9 Å². The topological polar surface area (TPSA) is 87.7 Å². The summed E-state index contributed by atoms with van der Waals surface area (Å²) >= 11 is 0. The van der Waals surface area contributed by atoms with E-state index in [9.17, 15) is 13.2 Å². The molecule has 0 bridgehead atoms. The summed E-state index contributed by atoms with van der Waals surface area (Å²) in [5, 5.41) is 5.93. The third kappa shape index (κ3) is 4.50. The average Bonchev–Trinajstić information content (AvgIpc) is 3.12. The molecule has 1 aromatic rings. The van der Waals surface area contributed by atoms with Gasteiger partial charge in [0.05, 0.1) is 12.6 Å². The lowest BCUT2D eigenvalue weighted by atomic mass is 10.2. The smallest absolute Gasteiger partial charge is 0.246 e. The Hall–Kier alpha value is -1.64. The second-order valence-electron chi connectivity index (χ2n) is 5.82. The fourth-order valence-electron chi connectivity index (χ4n) is 2.90. The molecule has 0 aliphatic carbocycles. The second kappa shape index (κ2) is 8.64. The summed E-state index contributed by atoms with van der Waals surface area (Å²) in [6.07, 6.45) is 1.75. The molecular weight excluding hydrogens is 342 g/mol. The first-order chi connectivity index (χ1) is 11.9. The molecule has 1 aliphatic rings. The summed E-state index contributed by atoms with van der Waals surface area (Å²) in [6.45, 7) is 7.30. The number of carbonyl (C=O) groups excluding carboxylic acids is 1. The van der Waals surface area contributed by atoms with Crippen molar-refractivity contribution in [3.8, 4) is 5.75 Å². The van der Waals surface area contributed by atoms with Crippen molar-refractivity contribution in [2.45, 2.75) is 44.6 Å². The van der Waals surface area contributed by atoms with Crippen molar-refractivity contribution in [3.05, 3.63) is 18.2 Å². The van der Waals surface area contributed by atoms with E-state index in [0.717, 1.165) is 19.4 Å². The molecule has 0 spiro atoms. The lowest BCUT2D eigenvalue weighted by Gasteiger charge is -2.21. The number of amides is 1. The third-order valence-corrected chi connectivity index (χ3v) is 6.28. The van der Waals surface area contributed by atoms with Gasteiger partial charge in [0.1, 0.15) is 10.6 Å². The second-order valence-corrected chi connectivity index (χ2v) is 7.73. The van der Waals surface area contributed by atoms with Gasteiger partial charge >= 0.3 is 0 Å². The Kier molecular flexibility index (Phi) is 6.80. The number of carbonyl (C=O) groups is 1. The van der Waals surface area contributed by atoms with Gasteiger partial charge in [0, 0.05) is 18.8 Å². The van der Waals surface area contributed by atoms with Gasteiger partial charge in [-0.1, -0.05) is 13.8 Å². The molecule has 0 radical (unpaired) electrons. The zero-order valence-corrected chi connectivity index (χ0v) is 15.9. The van der Waals surface area contributed by atoms with E-state index in [2.05, 4.69) is 10.6 Å². The molecule has 1 aliphatic heterocycles. The van der Waals surface area contributed by atoms with Crippen molar-refractivity contribution in [1.82, 2.24) is 9.62 Å². The molecule has 0 saturated carbocycles. The van der Waals surface area contributed by atoms with Gasteiger partial charge in [0.15, 0.2) is 0 Å². The maximum atomic E-state index is 12.9. The number of hydrogen-bond donors (Lipinski definition) is 2. The molecule has 1 unspecified atom stereocenters. The number of anilines is 1. The first kappa shape index (κ1) is 19.7. The molecule has 8 heteroatoms. The van der Waals surface area contributed by atoms with E-state index in [4.69, 9.17) is 4.74 Å². The summed E-state index contributed by atoms with van der Waals surface area (Å²) < 4.78 is 32.7. The van der Waals surface area contributed by atoms with Gasteiger partial charge < -0.3 is 15.4 Å². The van der Waals surface area contributed by atoms with Crippen LogP contribution in [0.3, 0.4) is 0 Å². The molecule has 2 rings (SSSR count). The van der Waals surface area contributed by atoms with Crippen molar-refractivity contribution in [2.24, 2.45) is 0 Å². The number of sulfonamides is 1. The maximum absolute atomic E-state index is 12.9. The largest absolute Gasteiger partial charge is 0.492 e. The fraction of sp³-hybridized carbons (Fsp3) is 0.588. The molecule has 0 aromatic heterocycles. The number of benzene rings is 1. The Labute approximate surface area is 149 Å². The van der Waals surface area contributed by atoms with E-state index in [1.54, 1.807) is 32.9 Å². The number of hydrogen-bond acceptors (Lipinski definition) is 5. The first-order valence-corrected chi connectivity index (χ1v) is 10.2. The first-order valence-electron chi connectivity index (χ1n) is 8.75. The van der Waals surface area contributed by atoms with Gasteiger partial charge in [0.2, 0.25) is 15.9 Å². The monoisotopic (exact) mass is 369 g/mol. The van der Waals surface area contributed by atoms with Gasteiger partial charge in [0.25, 0.3) is 0 Å². The van der Waals surface area contributed by atoms with E-state index in [1.165, 1.54) is 10.4 Å². The lowest BCUT2D eigenvalue weighted by Crippen LogP contribution is -2.35. The summed E-state index contributed by atoms with van der Waals surface area (Å²) in [4.78, 5) is 12.3. The molecule has 1 aromatic carbocycles. The average molecular weight is 369 g/mol. The van der Waals surface area contributed by atoms with Crippen LogP contribution in [0.2, 0.25) is 0 Å². The summed E-state index contributed by atoms with van der Waals surface area (Å²) in [7, 11) is -3.69. The highest BCUT2D eigenvalue weighted by Gasteiger charge is 2.27. The summed E-state index contributed by atoms with van der Waals surface area (Å²) in [5.74, 6) is 0.152. The van der Waals surface area contributed by atoms with Crippen molar-refractivity contribution in [1.29, 1.82) is 0 Å². The minimum Gasteiger partial charge on any atom is -0.492 e. The molecule has 1 heterocycles. The van der Waals surface area contributed by atoms with E-state index < -0.39 is 10.0 Å². The minimum atomic E-state index is -3.69. The van der Waals surface area contributed by atoms with Crippen LogP contribution < -0.4 is 15.4 Å². The van der Waals surface area contributed by atoms with E-state index in [0.29, 0.717) is 31.1 Å². The molecule has 140 valence electrons. The standard InChI is InChI=1S/C17H27N3O4S/c1-4-20(5-2)25(22,23)16-12-13(9-10-15(16)24-6-3)19-17(21)14-8-7-11-18-14/h9-10,12,14,18H,4-8,11H2,1-3H3,(H,19,21). The normalized spacial score (nSPS) is 17.7. The molecule has 1 saturated heterocycles. The van der Waals surface area contributed by atoms with Crippen LogP contribution in [0.5, 0.6) is 5.75 Å². The Bertz CT molecular complexity index is 696. The Morgan fingerprint density at radius 2 is 2.04 bits per heavy atom. The van der Waals surface area contributed by atoms with Crippen LogP contribution >= 0.6 is 0 Å². The Morgan fingerprint density at radius 3 is 2.60 bits per heavy atom. The number of ether oxygens (including phenoxy) is 1. The minimum absolute atomic E-state index is 0.0789. The summed E-state index contributed by atoms with van der Waals surface area (Å²) in [5.41, 5.74) is 0.452. The van der Waals surface area contributed by atoms with Crippen LogP contribution in [0.4, 0.5) is 5.69 Å². The maximum Gasteiger partial charge on any atom is 0.246 e. The van der Waals surface area contributed by atoms with Crippen molar-refractivity contribution in [2.75, 3.05) is 31.6 Å². The highest BCUT2D eigenvalue weighted by atomic mass is 32.2. The number of nitrogens with zero attached hydrogens (tertiary/aromatic N) is 1. The fourth-order valence-corrected chi connectivity index (χ4v) is 4.52. The molecule has 1 fully saturated rings. The Balaban J connectivity index is 2.34. The molecule has 25 heavy (non-hydrogen) atoms. The zero-order chi connectivity index (χ0) is 18.4. The van der Waals surface area contributed by atoms with Gasteiger partial charge in [-0.2, -0.15) is 4.31 Å². The van der Waals surface area contributed by atoms with Crippen LogP contribution in [0.25, 0.3) is 0 Å². The van der Waals surface area contributed by atoms with Crippen LogP contribution in [0, 0.1) is 0 Å². The zero-order valence-electron chi connectivity index (χ0n) is 15.0. The highest BCUT2D eigenvalue weighted by Crippen LogP contribution is 2.30. The third-order valence-electron chi connectivity index (χ3n) is 4.21. The molecule has 1 amide bonds. The van der Waals surface area contributed by atoms with Gasteiger partial charge in [-0.05, 0) is 44.5 Å². The van der Waals surface area contributed by atoms with Crippen LogP contribution in [0.15, 0.2) is 23.1 Å². The molecule has 7 nitrogen and oxygen atoms in total. The van der Waals surface area contributed by atoms with Crippen LogP contribution in [-0.2, 0) is 14.8 Å². The van der Waals surface area contributed by atoms with Crippen LogP contribution in [0.1, 0.15) is 33.6 Å². The Morgan fingerprint density at radius 1 is 1.32 bits per heavy atom. The number of nitrogens with one attached hydrogen (secondary N) is 2. The van der Waals surface area contributed by atoms with E-state index >= 15 is 0 Å². The van der Waals surface area contributed by atoms with Gasteiger partial charge in [-0.15, -0.1) is 0 Å².